The highest BCUT2D eigenvalue weighted by molar-refractivity contribution is 5.94. The molecule has 1 aromatic carbocycles. The summed E-state index contributed by atoms with van der Waals surface area (Å²) >= 11 is 0. The molecule has 1 fully saturated rings. The highest BCUT2D eigenvalue weighted by atomic mass is 16.6. The van der Waals surface area contributed by atoms with Gasteiger partial charge in [0.15, 0.2) is 5.69 Å². The molecular weight excluding hydrogens is 350 g/mol. The number of carbonyl (C=O) groups excluding carboxylic acids is 1. The number of fused-ring (bicyclic) bond motifs is 1. The zero-order valence-electron chi connectivity index (χ0n) is 16.9. The molecule has 2 aliphatic rings. The van der Waals surface area contributed by atoms with Crippen molar-refractivity contribution in [2.75, 3.05) is 5.32 Å². The Labute approximate surface area is 167 Å². The lowest BCUT2D eigenvalue weighted by atomic mass is 9.79. The second kappa shape index (κ2) is 8.89. The molecule has 0 saturated heterocycles. The van der Waals surface area contributed by atoms with Crippen molar-refractivity contribution in [3.05, 3.63) is 29.3 Å². The minimum Gasteiger partial charge on any atom is -0.306 e. The molecule has 0 bridgehead atoms. The van der Waals surface area contributed by atoms with Gasteiger partial charge in [-0.1, -0.05) is 38.3 Å². The molecule has 0 radical (unpaired) electrons. The van der Waals surface area contributed by atoms with E-state index >= 15 is 0 Å². The van der Waals surface area contributed by atoms with Gasteiger partial charge in [0.05, 0.1) is 0 Å². The minimum atomic E-state index is 0.0591. The molecule has 0 atom stereocenters. The molecule has 5 nitrogen and oxygen atoms in total. The monoisotopic (exact) mass is 381 g/mol. The quantitative estimate of drug-likeness (QED) is 0.712. The van der Waals surface area contributed by atoms with Crippen LogP contribution in [0.4, 0.5) is 5.82 Å². The fraction of sp³-hybridized carbons (Fsp3) is 0.609. The Morgan fingerprint density at radius 3 is 2.68 bits per heavy atom. The lowest BCUT2D eigenvalue weighted by Gasteiger charge is -2.27. The number of amides is 1. The van der Waals surface area contributed by atoms with Crippen LogP contribution in [0.3, 0.4) is 0 Å². The van der Waals surface area contributed by atoms with Crippen molar-refractivity contribution in [1.29, 1.82) is 0 Å². The number of anilines is 1. The number of aromatic nitrogens is 2. The Balaban J connectivity index is 1.40. The fourth-order valence-corrected chi connectivity index (χ4v) is 4.77. The number of unbranched alkanes of at least 4 members (excludes halogenated alkanes) is 1. The lowest BCUT2D eigenvalue weighted by Crippen LogP contribution is -2.27. The Bertz CT molecular complexity index is 806. The van der Waals surface area contributed by atoms with Crippen molar-refractivity contribution >= 4 is 11.7 Å². The second-order valence-electron chi connectivity index (χ2n) is 8.50. The summed E-state index contributed by atoms with van der Waals surface area (Å²) in [5.41, 5.74) is 4.42. The minimum absolute atomic E-state index is 0.0591. The lowest BCUT2D eigenvalue weighted by molar-refractivity contribution is -0.121. The SMILES string of the molecule is CCCCC1CCC(C(=O)Nc2nonc2-c2ccc3c(c2)CCCC3)CC1. The number of benzene rings is 1. The van der Waals surface area contributed by atoms with Gasteiger partial charge in [-0.05, 0) is 84.8 Å². The van der Waals surface area contributed by atoms with E-state index in [1.165, 1.54) is 43.2 Å². The predicted molar refractivity (Wildman–Crippen MR) is 110 cm³/mol. The predicted octanol–water partition coefficient (Wildman–Crippen LogP) is 5.55. The highest BCUT2D eigenvalue weighted by Crippen LogP contribution is 2.34. The smallest absolute Gasteiger partial charge is 0.228 e. The zero-order chi connectivity index (χ0) is 19.3. The van der Waals surface area contributed by atoms with Gasteiger partial charge in [0.25, 0.3) is 0 Å². The van der Waals surface area contributed by atoms with E-state index in [0.717, 1.165) is 50.0 Å². The third-order valence-corrected chi connectivity index (χ3v) is 6.54. The van der Waals surface area contributed by atoms with Gasteiger partial charge in [0, 0.05) is 11.5 Å². The maximum absolute atomic E-state index is 12.8. The molecule has 2 aromatic rings. The van der Waals surface area contributed by atoms with Gasteiger partial charge in [0.2, 0.25) is 11.7 Å². The van der Waals surface area contributed by atoms with Gasteiger partial charge in [-0.3, -0.25) is 4.79 Å². The average Bonchev–Trinajstić information content (AvgIpc) is 3.20. The molecule has 0 aliphatic heterocycles. The summed E-state index contributed by atoms with van der Waals surface area (Å²) in [7, 11) is 0. The first-order valence-electron chi connectivity index (χ1n) is 11.0. The van der Waals surface area contributed by atoms with E-state index in [2.05, 4.69) is 40.8 Å². The molecule has 150 valence electrons. The third-order valence-electron chi connectivity index (χ3n) is 6.54. The van der Waals surface area contributed by atoms with Crippen LogP contribution in [0.2, 0.25) is 0 Å². The van der Waals surface area contributed by atoms with Crippen LogP contribution >= 0.6 is 0 Å². The molecule has 1 heterocycles. The molecule has 1 saturated carbocycles. The van der Waals surface area contributed by atoms with E-state index in [1.54, 1.807) is 0 Å². The van der Waals surface area contributed by atoms with Gasteiger partial charge in [-0.15, -0.1) is 0 Å². The fourth-order valence-electron chi connectivity index (χ4n) is 4.77. The number of rotatable bonds is 6. The summed E-state index contributed by atoms with van der Waals surface area (Å²) in [5, 5.41) is 11.0. The highest BCUT2D eigenvalue weighted by Gasteiger charge is 2.27. The Hall–Kier alpha value is -2.17. The van der Waals surface area contributed by atoms with E-state index in [-0.39, 0.29) is 11.8 Å². The zero-order valence-corrected chi connectivity index (χ0v) is 16.9. The van der Waals surface area contributed by atoms with Crippen LogP contribution in [-0.4, -0.2) is 16.2 Å². The maximum Gasteiger partial charge on any atom is 0.228 e. The van der Waals surface area contributed by atoms with Crippen molar-refractivity contribution in [1.82, 2.24) is 10.3 Å². The summed E-state index contributed by atoms with van der Waals surface area (Å²) < 4.78 is 4.98. The number of hydrogen-bond donors (Lipinski definition) is 1. The number of aryl methyl sites for hydroxylation is 2. The van der Waals surface area contributed by atoms with Gasteiger partial charge in [0.1, 0.15) is 0 Å². The van der Waals surface area contributed by atoms with E-state index < -0.39 is 0 Å². The molecule has 2 aliphatic carbocycles. The molecule has 0 spiro atoms. The topological polar surface area (TPSA) is 68.0 Å². The van der Waals surface area contributed by atoms with Crippen LogP contribution in [0.1, 0.15) is 75.8 Å². The standard InChI is InChI=1S/C23H31N3O2/c1-2-3-6-16-9-11-18(12-10-16)23(27)24-22-21(25-28-26-22)20-14-13-17-7-4-5-8-19(17)15-20/h13-16,18H,2-12H2,1H3,(H,24,26,27). The van der Waals surface area contributed by atoms with Crippen LogP contribution in [0, 0.1) is 11.8 Å². The van der Waals surface area contributed by atoms with Gasteiger partial charge in [-0.25, -0.2) is 4.63 Å². The molecule has 4 rings (SSSR count). The van der Waals surface area contributed by atoms with Crippen molar-refractivity contribution in [3.8, 4) is 11.3 Å². The number of nitrogens with zero attached hydrogens (tertiary/aromatic N) is 2. The van der Waals surface area contributed by atoms with E-state index in [9.17, 15) is 4.79 Å². The van der Waals surface area contributed by atoms with E-state index in [1.807, 2.05) is 0 Å². The molecule has 1 N–H and O–H groups in total. The summed E-state index contributed by atoms with van der Waals surface area (Å²) in [6.45, 7) is 2.24. The molecule has 0 unspecified atom stereocenters. The summed E-state index contributed by atoms with van der Waals surface area (Å²) in [5.74, 6) is 1.38. The molecule has 5 heteroatoms. The molecular formula is C23H31N3O2. The largest absolute Gasteiger partial charge is 0.306 e. The van der Waals surface area contributed by atoms with Crippen molar-refractivity contribution < 1.29 is 9.42 Å². The van der Waals surface area contributed by atoms with Crippen LogP contribution in [0.15, 0.2) is 22.8 Å². The molecule has 1 aromatic heterocycles. The van der Waals surface area contributed by atoms with Crippen LogP contribution < -0.4 is 5.32 Å². The van der Waals surface area contributed by atoms with E-state index in [0.29, 0.717) is 11.5 Å². The Morgan fingerprint density at radius 1 is 1.11 bits per heavy atom. The van der Waals surface area contributed by atoms with Crippen molar-refractivity contribution in [3.63, 3.8) is 0 Å². The van der Waals surface area contributed by atoms with Gasteiger partial charge < -0.3 is 5.32 Å². The molecule has 28 heavy (non-hydrogen) atoms. The number of nitrogens with one attached hydrogen (secondary N) is 1. The Morgan fingerprint density at radius 2 is 1.89 bits per heavy atom. The van der Waals surface area contributed by atoms with Crippen LogP contribution in [0.25, 0.3) is 11.3 Å². The second-order valence-corrected chi connectivity index (χ2v) is 8.50. The maximum atomic E-state index is 12.8. The number of hydrogen-bond acceptors (Lipinski definition) is 4. The summed E-state index contributed by atoms with van der Waals surface area (Å²) in [6, 6.07) is 6.43. The first-order valence-corrected chi connectivity index (χ1v) is 11.0. The van der Waals surface area contributed by atoms with Crippen molar-refractivity contribution in [2.45, 2.75) is 77.6 Å². The van der Waals surface area contributed by atoms with Gasteiger partial charge in [-0.2, -0.15) is 0 Å². The first kappa shape index (κ1) is 19.2. The Kier molecular flexibility index (Phi) is 6.08. The summed E-state index contributed by atoms with van der Waals surface area (Å²) in [6.07, 6.45) is 12.9. The molecule has 1 amide bonds. The van der Waals surface area contributed by atoms with Crippen LogP contribution in [-0.2, 0) is 17.6 Å². The van der Waals surface area contributed by atoms with Gasteiger partial charge >= 0.3 is 0 Å². The average molecular weight is 382 g/mol. The first-order chi connectivity index (χ1) is 13.7. The summed E-state index contributed by atoms with van der Waals surface area (Å²) in [4.78, 5) is 12.8. The van der Waals surface area contributed by atoms with Crippen molar-refractivity contribution in [2.24, 2.45) is 11.8 Å². The van der Waals surface area contributed by atoms with E-state index in [4.69, 9.17) is 4.63 Å². The number of carbonyl (C=O) groups is 1. The third kappa shape index (κ3) is 4.29. The normalized spacial score (nSPS) is 21.9. The van der Waals surface area contributed by atoms with Crippen LogP contribution in [0.5, 0.6) is 0 Å².